The van der Waals surface area contributed by atoms with E-state index in [0.717, 1.165) is 10.2 Å². The molecule has 0 spiro atoms. The first-order chi connectivity index (χ1) is 14.8. The van der Waals surface area contributed by atoms with Gasteiger partial charge in [0.05, 0.1) is 20.7 Å². The molecular weight excluding hydrogens is 425 g/mol. The molecule has 4 rings (SSSR count). The molecule has 1 fully saturated rings. The highest BCUT2D eigenvalue weighted by Gasteiger charge is 2.41. The topological polar surface area (TPSA) is 119 Å². The number of benzene rings is 1. The summed E-state index contributed by atoms with van der Waals surface area (Å²) in [7, 11) is -3.96. The highest BCUT2D eigenvalue weighted by Crippen LogP contribution is 2.39. The van der Waals surface area contributed by atoms with Crippen LogP contribution in [0, 0.1) is 10.1 Å². The second-order valence-electron chi connectivity index (χ2n) is 7.50. The van der Waals surface area contributed by atoms with E-state index in [0.29, 0.717) is 19.4 Å². The number of nitro groups is 1. The largest absolute Gasteiger partial charge is 0.370 e. The molecule has 31 heavy (non-hydrogen) atoms. The number of alkyl halides is 1. The highest BCUT2D eigenvalue weighted by molar-refractivity contribution is 7.90. The predicted octanol–water partition coefficient (Wildman–Crippen LogP) is 3.07. The fourth-order valence-electron chi connectivity index (χ4n) is 3.99. The maximum Gasteiger partial charge on any atom is 0.311 e. The fourth-order valence-corrected chi connectivity index (χ4v) is 5.31. The number of rotatable bonds is 6. The molecule has 164 valence electrons. The first-order valence-electron chi connectivity index (χ1n) is 9.88. The Bertz CT molecular complexity index is 1230. The summed E-state index contributed by atoms with van der Waals surface area (Å²) in [6, 6.07) is 9.28. The van der Waals surface area contributed by atoms with Crippen molar-refractivity contribution in [3.8, 4) is 0 Å². The number of aromatic nitrogens is 2. The maximum atomic E-state index is 14.9. The van der Waals surface area contributed by atoms with Gasteiger partial charge in [0.25, 0.3) is 10.0 Å². The normalized spacial score (nSPS) is 21.8. The van der Waals surface area contributed by atoms with E-state index in [2.05, 4.69) is 15.6 Å². The van der Waals surface area contributed by atoms with E-state index >= 15 is 0 Å². The smallest absolute Gasteiger partial charge is 0.311 e. The summed E-state index contributed by atoms with van der Waals surface area (Å²) >= 11 is 0. The Morgan fingerprint density at radius 1 is 1.35 bits per heavy atom. The molecule has 1 saturated heterocycles. The van der Waals surface area contributed by atoms with Crippen molar-refractivity contribution in [3.63, 3.8) is 0 Å². The van der Waals surface area contributed by atoms with Gasteiger partial charge in [-0.2, -0.15) is 0 Å². The Morgan fingerprint density at radius 3 is 2.74 bits per heavy atom. The van der Waals surface area contributed by atoms with Crippen LogP contribution in [-0.4, -0.2) is 47.1 Å². The third kappa shape index (κ3) is 3.53. The molecule has 1 aliphatic heterocycles. The van der Waals surface area contributed by atoms with Crippen LogP contribution in [0.4, 0.5) is 15.8 Å². The number of nitrogens with zero attached hydrogens (tertiary/aromatic N) is 3. The zero-order valence-electron chi connectivity index (χ0n) is 16.8. The molecule has 0 radical (unpaired) electrons. The molecule has 11 heteroatoms. The summed E-state index contributed by atoms with van der Waals surface area (Å²) < 4.78 is 42.1. The molecule has 1 aliphatic rings. The second-order valence-corrected chi connectivity index (χ2v) is 9.31. The zero-order chi connectivity index (χ0) is 22.2. The molecule has 2 N–H and O–H groups in total. The van der Waals surface area contributed by atoms with E-state index in [-0.39, 0.29) is 33.8 Å². The predicted molar refractivity (Wildman–Crippen MR) is 114 cm³/mol. The standard InChI is InChI=1S/C20H22FN5O4S/c1-2-20(9-10-22-13-17(20)21)24-18-15-8-11-25(19(15)23-12-16(18)26(27)28)31(29,30)14-6-4-3-5-7-14/h3-8,11-12,17,22H,2,9-10,13H2,1H3,(H,23,24)/t17-,20+/m0/s1. The van der Waals surface area contributed by atoms with Crippen molar-refractivity contribution in [3.05, 3.63) is 58.9 Å². The molecule has 2 aromatic heterocycles. The van der Waals surface area contributed by atoms with Gasteiger partial charge in [-0.1, -0.05) is 25.1 Å². The van der Waals surface area contributed by atoms with Crippen LogP contribution in [0.25, 0.3) is 11.0 Å². The minimum atomic E-state index is -3.96. The Hall–Kier alpha value is -3.05. The van der Waals surface area contributed by atoms with Crippen LogP contribution in [0.1, 0.15) is 19.8 Å². The molecule has 2 atom stereocenters. The van der Waals surface area contributed by atoms with Crippen molar-refractivity contribution in [2.24, 2.45) is 0 Å². The first kappa shape index (κ1) is 21.2. The van der Waals surface area contributed by atoms with E-state index in [1.807, 2.05) is 6.92 Å². The van der Waals surface area contributed by atoms with Crippen LogP contribution in [0.2, 0.25) is 0 Å². The summed E-state index contributed by atoms with van der Waals surface area (Å²) in [4.78, 5) is 15.2. The number of piperidine rings is 1. The lowest BCUT2D eigenvalue weighted by atomic mass is 9.83. The molecule has 0 unspecified atom stereocenters. The molecule has 3 heterocycles. The van der Waals surface area contributed by atoms with E-state index in [4.69, 9.17) is 0 Å². The molecule has 1 aromatic carbocycles. The van der Waals surface area contributed by atoms with Gasteiger partial charge < -0.3 is 10.6 Å². The third-order valence-corrected chi connectivity index (χ3v) is 7.51. The fraction of sp³-hybridized carbons (Fsp3) is 0.350. The van der Waals surface area contributed by atoms with Crippen molar-refractivity contribution in [1.29, 1.82) is 0 Å². The summed E-state index contributed by atoms with van der Waals surface area (Å²) in [6.45, 7) is 2.51. The molecule has 0 bridgehead atoms. The van der Waals surface area contributed by atoms with Gasteiger partial charge in [-0.15, -0.1) is 0 Å². The number of pyridine rings is 1. The van der Waals surface area contributed by atoms with E-state index in [9.17, 15) is 22.9 Å². The quantitative estimate of drug-likeness (QED) is 0.440. The average molecular weight is 447 g/mol. The summed E-state index contributed by atoms with van der Waals surface area (Å²) in [5.74, 6) is 0. The molecular formula is C20H22FN5O4S. The highest BCUT2D eigenvalue weighted by atomic mass is 32.2. The Kier molecular flexibility index (Phi) is 5.40. The van der Waals surface area contributed by atoms with Crippen LogP contribution >= 0.6 is 0 Å². The van der Waals surface area contributed by atoms with E-state index < -0.39 is 26.7 Å². The lowest BCUT2D eigenvalue weighted by Gasteiger charge is -2.41. The maximum absolute atomic E-state index is 14.9. The van der Waals surface area contributed by atoms with Gasteiger partial charge in [-0.3, -0.25) is 10.1 Å². The number of nitrogens with one attached hydrogen (secondary N) is 2. The van der Waals surface area contributed by atoms with Gasteiger partial charge >= 0.3 is 5.69 Å². The number of anilines is 1. The van der Waals surface area contributed by atoms with Crippen LogP contribution in [0.5, 0.6) is 0 Å². The first-order valence-corrected chi connectivity index (χ1v) is 11.3. The molecule has 0 aliphatic carbocycles. The van der Waals surface area contributed by atoms with Crippen LogP contribution < -0.4 is 10.6 Å². The van der Waals surface area contributed by atoms with Crippen molar-refractivity contribution in [2.75, 3.05) is 18.4 Å². The minimum Gasteiger partial charge on any atom is -0.370 e. The van der Waals surface area contributed by atoms with Crippen molar-refractivity contribution in [1.82, 2.24) is 14.3 Å². The van der Waals surface area contributed by atoms with Gasteiger partial charge in [0.15, 0.2) is 5.65 Å². The molecule has 0 amide bonds. The Balaban J connectivity index is 1.89. The average Bonchev–Trinajstić information content (AvgIpc) is 3.21. The van der Waals surface area contributed by atoms with Crippen molar-refractivity contribution >= 4 is 32.4 Å². The number of hydrogen-bond acceptors (Lipinski definition) is 7. The lowest BCUT2D eigenvalue weighted by molar-refractivity contribution is -0.384. The second kappa shape index (κ2) is 7.89. The third-order valence-electron chi connectivity index (χ3n) is 5.83. The van der Waals surface area contributed by atoms with Gasteiger partial charge in [-0.25, -0.2) is 21.8 Å². The van der Waals surface area contributed by atoms with Crippen LogP contribution in [0.15, 0.2) is 53.7 Å². The van der Waals surface area contributed by atoms with E-state index in [1.54, 1.807) is 18.2 Å². The van der Waals surface area contributed by atoms with Crippen LogP contribution in [-0.2, 0) is 10.0 Å². The summed E-state index contributed by atoms with van der Waals surface area (Å²) in [6.07, 6.45) is 1.88. The SMILES string of the molecule is CC[C@@]1(Nc2c([N+](=O)[O-])cnc3c2ccn3S(=O)(=O)c2ccccc2)CCNC[C@@H]1F. The number of fused-ring (bicyclic) bond motifs is 1. The zero-order valence-corrected chi connectivity index (χ0v) is 17.6. The van der Waals surface area contributed by atoms with Crippen molar-refractivity contribution in [2.45, 2.75) is 36.4 Å². The molecule has 3 aromatic rings. The Labute approximate surface area is 178 Å². The number of halogens is 1. The van der Waals surface area contributed by atoms with Gasteiger partial charge in [0.1, 0.15) is 18.1 Å². The van der Waals surface area contributed by atoms with Crippen molar-refractivity contribution < 1.29 is 17.7 Å². The van der Waals surface area contributed by atoms with Crippen LogP contribution in [0.3, 0.4) is 0 Å². The van der Waals surface area contributed by atoms with Gasteiger partial charge in [-0.05, 0) is 37.6 Å². The monoisotopic (exact) mass is 447 g/mol. The van der Waals surface area contributed by atoms with E-state index in [1.165, 1.54) is 24.4 Å². The Morgan fingerprint density at radius 2 is 2.10 bits per heavy atom. The van der Waals surface area contributed by atoms with Gasteiger partial charge in [0.2, 0.25) is 0 Å². The lowest BCUT2D eigenvalue weighted by Crippen LogP contribution is -2.56. The summed E-state index contributed by atoms with van der Waals surface area (Å²) in [5, 5.41) is 18.0. The number of hydrogen-bond donors (Lipinski definition) is 2. The van der Waals surface area contributed by atoms with Gasteiger partial charge in [0, 0.05) is 12.7 Å². The molecule has 9 nitrogen and oxygen atoms in total. The minimum absolute atomic E-state index is 0.0348. The summed E-state index contributed by atoms with van der Waals surface area (Å²) in [5.41, 5.74) is -1.23. The molecule has 0 saturated carbocycles.